The molecule has 0 atom stereocenters. The van der Waals surface area contributed by atoms with Crippen molar-refractivity contribution in [2.24, 2.45) is 5.73 Å². The van der Waals surface area contributed by atoms with E-state index in [1.165, 1.54) is 6.07 Å². The number of aliphatic carboxylic acids is 1. The number of nitrogens with one attached hydrogen (secondary N) is 1. The number of halogens is 4. The van der Waals surface area contributed by atoms with Crippen molar-refractivity contribution in [3.05, 3.63) is 34.8 Å². The van der Waals surface area contributed by atoms with Gasteiger partial charge < -0.3 is 15.8 Å². The second kappa shape index (κ2) is 6.04. The molecular formula is C13H12F4N2O3. The van der Waals surface area contributed by atoms with E-state index in [1.807, 2.05) is 13.8 Å². The maximum Gasteiger partial charge on any atom is 0.490 e. The van der Waals surface area contributed by atoms with Gasteiger partial charge in [0.1, 0.15) is 5.82 Å². The van der Waals surface area contributed by atoms with Crippen LogP contribution in [-0.2, 0) is 4.79 Å². The van der Waals surface area contributed by atoms with Gasteiger partial charge in [0.25, 0.3) is 5.91 Å². The molecule has 9 heteroatoms. The van der Waals surface area contributed by atoms with Crippen LogP contribution in [0.3, 0.4) is 0 Å². The van der Waals surface area contributed by atoms with Crippen LogP contribution in [0.5, 0.6) is 0 Å². The molecule has 0 spiro atoms. The van der Waals surface area contributed by atoms with Crippen molar-refractivity contribution in [1.82, 2.24) is 4.98 Å². The lowest BCUT2D eigenvalue weighted by molar-refractivity contribution is -0.192. The Morgan fingerprint density at radius 1 is 1.23 bits per heavy atom. The summed E-state index contributed by atoms with van der Waals surface area (Å²) in [6.45, 7) is 3.75. The molecule has 22 heavy (non-hydrogen) atoms. The van der Waals surface area contributed by atoms with Gasteiger partial charge in [-0.15, -0.1) is 0 Å². The van der Waals surface area contributed by atoms with Crippen LogP contribution in [0, 0.1) is 19.7 Å². The molecule has 0 unspecified atom stereocenters. The number of carboxylic acids is 1. The van der Waals surface area contributed by atoms with Crippen molar-refractivity contribution >= 4 is 22.8 Å². The Hall–Kier alpha value is -2.58. The zero-order valence-corrected chi connectivity index (χ0v) is 11.5. The fraction of sp³-hybridized carbons (Fsp3) is 0.231. The SMILES string of the molecule is Cc1[nH]c2c(C(N)=O)cc(F)cc2c1C.O=C(O)C(F)(F)F. The third-order valence-electron chi connectivity index (χ3n) is 2.89. The molecular weight excluding hydrogens is 308 g/mol. The molecule has 1 heterocycles. The van der Waals surface area contributed by atoms with Gasteiger partial charge in [0.05, 0.1) is 11.1 Å². The van der Waals surface area contributed by atoms with E-state index < -0.39 is 23.9 Å². The van der Waals surface area contributed by atoms with E-state index in [0.29, 0.717) is 10.9 Å². The average Bonchev–Trinajstić information content (AvgIpc) is 2.64. The summed E-state index contributed by atoms with van der Waals surface area (Å²) < 4.78 is 45.0. The van der Waals surface area contributed by atoms with Crippen molar-refractivity contribution in [3.63, 3.8) is 0 Å². The van der Waals surface area contributed by atoms with E-state index in [9.17, 15) is 22.4 Å². The third-order valence-corrected chi connectivity index (χ3v) is 2.89. The summed E-state index contributed by atoms with van der Waals surface area (Å²) in [4.78, 5) is 23.1. The van der Waals surface area contributed by atoms with Crippen molar-refractivity contribution < 1.29 is 32.3 Å². The number of hydrogen-bond acceptors (Lipinski definition) is 2. The van der Waals surface area contributed by atoms with Crippen molar-refractivity contribution in [2.75, 3.05) is 0 Å². The first-order valence-corrected chi connectivity index (χ1v) is 5.83. The van der Waals surface area contributed by atoms with Crippen LogP contribution in [-0.4, -0.2) is 28.1 Å². The topological polar surface area (TPSA) is 96.2 Å². The number of rotatable bonds is 1. The summed E-state index contributed by atoms with van der Waals surface area (Å²) in [5.41, 5.74) is 7.84. The molecule has 0 fully saturated rings. The fourth-order valence-electron chi connectivity index (χ4n) is 1.71. The summed E-state index contributed by atoms with van der Waals surface area (Å²) in [6, 6.07) is 2.56. The van der Waals surface area contributed by atoms with Gasteiger partial charge in [-0.25, -0.2) is 9.18 Å². The number of aryl methyl sites for hydroxylation is 2. The standard InChI is InChI=1S/C11H11FN2O.C2HF3O2/c1-5-6(2)14-10-8(5)3-7(12)4-9(10)11(13)15;3-2(4,5)1(6)7/h3-4,14H,1-2H3,(H2,13,15);(H,6,7). The van der Waals surface area contributed by atoms with Crippen LogP contribution in [0.2, 0.25) is 0 Å². The maximum absolute atomic E-state index is 13.2. The lowest BCUT2D eigenvalue weighted by Crippen LogP contribution is -2.21. The molecule has 0 aliphatic carbocycles. The molecule has 0 aliphatic heterocycles. The normalized spacial score (nSPS) is 11.0. The summed E-state index contributed by atoms with van der Waals surface area (Å²) >= 11 is 0. The van der Waals surface area contributed by atoms with Gasteiger partial charge in [-0.1, -0.05) is 0 Å². The number of primary amides is 1. The second-order valence-electron chi connectivity index (χ2n) is 4.42. The zero-order chi connectivity index (χ0) is 17.2. The lowest BCUT2D eigenvalue weighted by atomic mass is 10.1. The number of carbonyl (C=O) groups excluding carboxylic acids is 1. The van der Waals surface area contributed by atoms with Gasteiger partial charge in [0, 0.05) is 11.1 Å². The average molecular weight is 320 g/mol. The maximum atomic E-state index is 13.2. The van der Waals surface area contributed by atoms with E-state index >= 15 is 0 Å². The van der Waals surface area contributed by atoms with E-state index in [4.69, 9.17) is 15.6 Å². The summed E-state index contributed by atoms with van der Waals surface area (Å²) in [6.07, 6.45) is -5.08. The Morgan fingerprint density at radius 3 is 2.14 bits per heavy atom. The molecule has 0 saturated carbocycles. The highest BCUT2D eigenvalue weighted by Crippen LogP contribution is 2.25. The molecule has 120 valence electrons. The first kappa shape index (κ1) is 17.5. The number of fused-ring (bicyclic) bond motifs is 1. The number of hydrogen-bond donors (Lipinski definition) is 3. The van der Waals surface area contributed by atoms with Gasteiger partial charge in [-0.2, -0.15) is 13.2 Å². The summed E-state index contributed by atoms with van der Waals surface area (Å²) in [5.74, 6) is -3.83. The molecule has 1 aromatic heterocycles. The minimum Gasteiger partial charge on any atom is -0.475 e. The molecule has 1 aromatic carbocycles. The van der Waals surface area contributed by atoms with Gasteiger partial charge in [-0.05, 0) is 31.5 Å². The Kier molecular flexibility index (Phi) is 4.80. The number of carbonyl (C=O) groups is 2. The van der Waals surface area contributed by atoms with Crippen LogP contribution < -0.4 is 5.73 Å². The van der Waals surface area contributed by atoms with Crippen molar-refractivity contribution in [2.45, 2.75) is 20.0 Å². The van der Waals surface area contributed by atoms with Crippen LogP contribution >= 0.6 is 0 Å². The van der Waals surface area contributed by atoms with Gasteiger partial charge in [0.2, 0.25) is 0 Å². The molecule has 0 bridgehead atoms. The molecule has 1 amide bonds. The van der Waals surface area contributed by atoms with E-state index in [0.717, 1.165) is 17.3 Å². The van der Waals surface area contributed by atoms with E-state index in [-0.39, 0.29) is 5.56 Å². The first-order valence-electron chi connectivity index (χ1n) is 5.83. The van der Waals surface area contributed by atoms with E-state index in [1.54, 1.807) is 0 Å². The number of carboxylic acid groups (broad SMARTS) is 1. The number of aromatic nitrogens is 1. The Morgan fingerprint density at radius 2 is 1.73 bits per heavy atom. The third kappa shape index (κ3) is 3.74. The van der Waals surface area contributed by atoms with Crippen LogP contribution in [0.25, 0.3) is 10.9 Å². The molecule has 0 saturated heterocycles. The summed E-state index contributed by atoms with van der Waals surface area (Å²) in [7, 11) is 0. The fourth-order valence-corrected chi connectivity index (χ4v) is 1.71. The first-order chi connectivity index (χ1) is 9.95. The highest BCUT2D eigenvalue weighted by molar-refractivity contribution is 6.06. The monoisotopic (exact) mass is 320 g/mol. The molecule has 5 nitrogen and oxygen atoms in total. The molecule has 0 aliphatic rings. The Labute approximate surface area is 121 Å². The van der Waals surface area contributed by atoms with E-state index in [2.05, 4.69) is 4.98 Å². The number of H-pyrrole nitrogens is 1. The quantitative estimate of drug-likeness (QED) is 0.705. The van der Waals surface area contributed by atoms with Crippen LogP contribution in [0.1, 0.15) is 21.6 Å². The highest BCUT2D eigenvalue weighted by atomic mass is 19.4. The van der Waals surface area contributed by atoms with Gasteiger partial charge >= 0.3 is 12.1 Å². The zero-order valence-electron chi connectivity index (χ0n) is 11.5. The smallest absolute Gasteiger partial charge is 0.475 e. The van der Waals surface area contributed by atoms with Gasteiger partial charge in [0.15, 0.2) is 0 Å². The number of benzene rings is 1. The number of alkyl halides is 3. The number of nitrogens with two attached hydrogens (primary N) is 1. The largest absolute Gasteiger partial charge is 0.490 e. The molecule has 2 aromatic rings. The predicted molar refractivity (Wildman–Crippen MR) is 69.9 cm³/mol. The van der Waals surface area contributed by atoms with Gasteiger partial charge in [-0.3, -0.25) is 4.79 Å². The van der Waals surface area contributed by atoms with Crippen molar-refractivity contribution in [3.8, 4) is 0 Å². The predicted octanol–water partition coefficient (Wildman–Crippen LogP) is 2.66. The molecule has 0 radical (unpaired) electrons. The molecule has 4 N–H and O–H groups in total. The second-order valence-corrected chi connectivity index (χ2v) is 4.42. The van der Waals surface area contributed by atoms with Crippen molar-refractivity contribution in [1.29, 1.82) is 0 Å². The lowest BCUT2D eigenvalue weighted by Gasteiger charge is -1.99. The highest BCUT2D eigenvalue weighted by Gasteiger charge is 2.38. The summed E-state index contributed by atoms with van der Waals surface area (Å²) in [5, 5.41) is 7.83. The minimum absolute atomic E-state index is 0.196. The Balaban J connectivity index is 0.000000295. The van der Waals surface area contributed by atoms with Crippen LogP contribution in [0.4, 0.5) is 17.6 Å². The number of aromatic amines is 1. The number of amides is 1. The minimum atomic E-state index is -5.08. The Bertz CT molecular complexity index is 735. The molecule has 2 rings (SSSR count). The van der Waals surface area contributed by atoms with Crippen LogP contribution in [0.15, 0.2) is 12.1 Å².